The van der Waals surface area contributed by atoms with E-state index in [1.54, 1.807) is 12.1 Å². The van der Waals surface area contributed by atoms with Gasteiger partial charge >= 0.3 is 0 Å². The molecule has 18 heavy (non-hydrogen) atoms. The first-order chi connectivity index (χ1) is 8.35. The van der Waals surface area contributed by atoms with Crippen LogP contribution in [-0.4, -0.2) is 5.78 Å². The van der Waals surface area contributed by atoms with Crippen molar-refractivity contribution in [1.29, 1.82) is 0 Å². The number of hydrogen-bond acceptors (Lipinski definition) is 2. The third-order valence-electron chi connectivity index (χ3n) is 2.88. The molecule has 96 valence electrons. The number of rotatable bonds is 2. The van der Waals surface area contributed by atoms with Gasteiger partial charge < -0.3 is 5.32 Å². The molecule has 0 unspecified atom stereocenters. The van der Waals surface area contributed by atoms with Crippen molar-refractivity contribution in [2.45, 2.75) is 26.7 Å². The molecule has 0 heterocycles. The van der Waals surface area contributed by atoms with E-state index >= 15 is 0 Å². The molecule has 0 saturated carbocycles. The standard InChI is InChI=1S/C14H15BrFNO/c1-14(2)7-10(6-11(18)8-14)17-13-4-3-9(16)5-12(13)15/h3-6,17H,7-8H2,1-2H3. The van der Waals surface area contributed by atoms with Crippen molar-refractivity contribution in [3.8, 4) is 0 Å². The second kappa shape index (κ2) is 4.84. The van der Waals surface area contributed by atoms with Gasteiger partial charge in [-0.05, 0) is 46.0 Å². The van der Waals surface area contributed by atoms with Crippen molar-refractivity contribution in [3.63, 3.8) is 0 Å². The van der Waals surface area contributed by atoms with Crippen molar-refractivity contribution in [2.75, 3.05) is 5.32 Å². The molecule has 0 radical (unpaired) electrons. The zero-order valence-corrected chi connectivity index (χ0v) is 12.0. The van der Waals surface area contributed by atoms with Crippen molar-refractivity contribution in [2.24, 2.45) is 5.41 Å². The van der Waals surface area contributed by atoms with Crippen LogP contribution >= 0.6 is 15.9 Å². The maximum Gasteiger partial charge on any atom is 0.157 e. The van der Waals surface area contributed by atoms with E-state index in [0.717, 1.165) is 17.8 Å². The summed E-state index contributed by atoms with van der Waals surface area (Å²) in [6, 6.07) is 4.45. The molecule has 1 aliphatic carbocycles. The number of benzene rings is 1. The van der Waals surface area contributed by atoms with Crippen molar-refractivity contribution >= 4 is 27.4 Å². The molecule has 0 fully saturated rings. The van der Waals surface area contributed by atoms with Gasteiger partial charge in [0.25, 0.3) is 0 Å². The largest absolute Gasteiger partial charge is 0.358 e. The molecule has 0 amide bonds. The molecule has 0 spiro atoms. The molecule has 1 aromatic carbocycles. The molecular weight excluding hydrogens is 297 g/mol. The molecule has 1 aromatic rings. The summed E-state index contributed by atoms with van der Waals surface area (Å²) in [4.78, 5) is 11.6. The topological polar surface area (TPSA) is 29.1 Å². The fourth-order valence-electron chi connectivity index (χ4n) is 2.19. The predicted octanol–water partition coefficient (Wildman–Crippen LogP) is 4.27. The first-order valence-corrected chi connectivity index (χ1v) is 6.60. The number of ketones is 1. The van der Waals surface area contributed by atoms with Gasteiger partial charge in [0.2, 0.25) is 0 Å². The Bertz CT molecular complexity index is 523. The third kappa shape index (κ3) is 3.19. The Morgan fingerprint density at radius 2 is 2.06 bits per heavy atom. The molecular formula is C14H15BrFNO. The Morgan fingerprint density at radius 1 is 1.33 bits per heavy atom. The van der Waals surface area contributed by atoms with E-state index in [1.807, 2.05) is 0 Å². The van der Waals surface area contributed by atoms with E-state index in [9.17, 15) is 9.18 Å². The van der Waals surface area contributed by atoms with Gasteiger partial charge in [0.1, 0.15) is 5.82 Å². The van der Waals surface area contributed by atoms with Crippen LogP contribution in [0, 0.1) is 11.2 Å². The lowest BCUT2D eigenvalue weighted by Crippen LogP contribution is -2.24. The first-order valence-electron chi connectivity index (χ1n) is 5.81. The first kappa shape index (κ1) is 13.3. The number of carbonyl (C=O) groups is 1. The SMILES string of the molecule is CC1(C)CC(=O)C=C(Nc2ccc(F)cc2Br)C1. The minimum atomic E-state index is -0.290. The van der Waals surface area contributed by atoms with Crippen LogP contribution in [0.1, 0.15) is 26.7 Å². The van der Waals surface area contributed by atoms with Gasteiger partial charge in [-0.2, -0.15) is 0 Å². The molecule has 1 aliphatic rings. The minimum absolute atomic E-state index is 0.0271. The summed E-state index contributed by atoms with van der Waals surface area (Å²) in [5.41, 5.74) is 1.62. The summed E-state index contributed by atoms with van der Waals surface area (Å²) < 4.78 is 13.6. The average Bonchev–Trinajstić information content (AvgIpc) is 2.19. The molecule has 2 nitrogen and oxygen atoms in total. The van der Waals surface area contributed by atoms with E-state index < -0.39 is 0 Å². The Balaban J connectivity index is 2.21. The summed E-state index contributed by atoms with van der Waals surface area (Å²) in [5, 5.41) is 3.19. The highest BCUT2D eigenvalue weighted by Crippen LogP contribution is 2.35. The number of nitrogens with one attached hydrogen (secondary N) is 1. The van der Waals surface area contributed by atoms with Crippen LogP contribution in [0.15, 0.2) is 34.4 Å². The van der Waals surface area contributed by atoms with E-state index in [2.05, 4.69) is 35.1 Å². The molecule has 1 N–H and O–H groups in total. The fourth-order valence-corrected chi connectivity index (χ4v) is 2.64. The molecule has 0 aromatic heterocycles. The molecule has 0 aliphatic heterocycles. The highest BCUT2D eigenvalue weighted by Gasteiger charge is 2.27. The van der Waals surface area contributed by atoms with Gasteiger partial charge in [-0.15, -0.1) is 0 Å². The zero-order valence-electron chi connectivity index (χ0n) is 10.4. The van der Waals surface area contributed by atoms with Gasteiger partial charge in [-0.1, -0.05) is 13.8 Å². The summed E-state index contributed by atoms with van der Waals surface area (Å²) in [6.45, 7) is 4.14. The Kier molecular flexibility index (Phi) is 3.57. The number of allylic oxidation sites excluding steroid dienone is 2. The summed E-state index contributed by atoms with van der Waals surface area (Å²) in [6.07, 6.45) is 3.02. The number of halogens is 2. The summed E-state index contributed by atoms with van der Waals surface area (Å²) in [7, 11) is 0. The predicted molar refractivity (Wildman–Crippen MR) is 73.8 cm³/mol. The molecule has 0 bridgehead atoms. The lowest BCUT2D eigenvalue weighted by Gasteiger charge is -2.29. The molecule has 4 heteroatoms. The van der Waals surface area contributed by atoms with E-state index in [1.165, 1.54) is 12.1 Å². The minimum Gasteiger partial charge on any atom is -0.358 e. The Labute approximate surface area is 114 Å². The molecule has 2 rings (SSSR count). The number of anilines is 1. The zero-order chi connectivity index (χ0) is 13.3. The van der Waals surface area contributed by atoms with Gasteiger partial charge in [0.05, 0.1) is 5.69 Å². The van der Waals surface area contributed by atoms with Crippen molar-refractivity contribution in [1.82, 2.24) is 0 Å². The number of hydrogen-bond donors (Lipinski definition) is 1. The van der Waals surface area contributed by atoms with Crippen LogP contribution < -0.4 is 5.32 Å². The molecule has 0 saturated heterocycles. The lowest BCUT2D eigenvalue weighted by atomic mass is 9.79. The Morgan fingerprint density at radius 3 is 2.67 bits per heavy atom. The van der Waals surface area contributed by atoms with Gasteiger partial charge in [0, 0.05) is 22.7 Å². The van der Waals surface area contributed by atoms with Gasteiger partial charge in [-0.25, -0.2) is 4.39 Å². The second-order valence-corrected chi connectivity index (χ2v) is 6.26. The smallest absolute Gasteiger partial charge is 0.157 e. The van der Waals surface area contributed by atoms with Crippen molar-refractivity contribution < 1.29 is 9.18 Å². The van der Waals surface area contributed by atoms with Crippen molar-refractivity contribution in [3.05, 3.63) is 40.3 Å². The maximum absolute atomic E-state index is 13.0. The Hall–Kier alpha value is -1.16. The average molecular weight is 312 g/mol. The molecule has 0 atom stereocenters. The number of carbonyl (C=O) groups excluding carboxylic acids is 1. The highest BCUT2D eigenvalue weighted by molar-refractivity contribution is 9.10. The highest BCUT2D eigenvalue weighted by atomic mass is 79.9. The van der Waals surface area contributed by atoms with E-state index in [-0.39, 0.29) is 17.0 Å². The summed E-state index contributed by atoms with van der Waals surface area (Å²) >= 11 is 3.30. The van der Waals surface area contributed by atoms with Crippen LogP contribution in [0.25, 0.3) is 0 Å². The van der Waals surface area contributed by atoms with Gasteiger partial charge in [-0.3, -0.25) is 4.79 Å². The van der Waals surface area contributed by atoms with Crippen LogP contribution in [0.2, 0.25) is 0 Å². The maximum atomic E-state index is 13.0. The fraction of sp³-hybridized carbons (Fsp3) is 0.357. The van der Waals surface area contributed by atoms with Crippen LogP contribution in [0.3, 0.4) is 0 Å². The monoisotopic (exact) mass is 311 g/mol. The lowest BCUT2D eigenvalue weighted by molar-refractivity contribution is -0.117. The van der Waals surface area contributed by atoms with Crippen LogP contribution in [-0.2, 0) is 4.79 Å². The van der Waals surface area contributed by atoms with Gasteiger partial charge in [0.15, 0.2) is 5.78 Å². The third-order valence-corrected chi connectivity index (χ3v) is 3.54. The van der Waals surface area contributed by atoms with Crippen LogP contribution in [0.5, 0.6) is 0 Å². The quantitative estimate of drug-likeness (QED) is 0.883. The van der Waals surface area contributed by atoms with E-state index in [0.29, 0.717) is 10.9 Å². The normalized spacial score (nSPS) is 18.4. The van der Waals surface area contributed by atoms with E-state index in [4.69, 9.17) is 0 Å². The summed E-state index contributed by atoms with van der Waals surface area (Å²) in [5.74, 6) is -0.159. The second-order valence-electron chi connectivity index (χ2n) is 5.40. The van der Waals surface area contributed by atoms with Crippen LogP contribution in [0.4, 0.5) is 10.1 Å².